The van der Waals surface area contributed by atoms with Crippen molar-refractivity contribution in [3.8, 4) is 5.95 Å². The van der Waals surface area contributed by atoms with Crippen LogP contribution in [0.15, 0.2) is 35.0 Å². The Labute approximate surface area is 70.6 Å². The van der Waals surface area contributed by atoms with Crippen molar-refractivity contribution < 1.29 is 13.9 Å². The van der Waals surface area contributed by atoms with E-state index in [1.165, 1.54) is 6.26 Å². The minimum Gasteiger partial charge on any atom is -0.434 e. The minimum atomic E-state index is -0.438. The normalized spacial score (nSPS) is 9.42. The van der Waals surface area contributed by atoms with E-state index in [9.17, 15) is 4.79 Å². The third kappa shape index (κ3) is 1.99. The standard InChI is InChI=1S/C9H10O3/c1-3-7(2)9(10)12-8-5-4-6-11-8/h4-6H,2-3H2,1H3. The number of hydrogen-bond acceptors (Lipinski definition) is 3. The first-order chi connectivity index (χ1) is 5.74. The van der Waals surface area contributed by atoms with Crippen LogP contribution in [0.5, 0.6) is 5.95 Å². The van der Waals surface area contributed by atoms with E-state index in [2.05, 4.69) is 6.58 Å². The Morgan fingerprint density at radius 3 is 3.00 bits per heavy atom. The van der Waals surface area contributed by atoms with Crippen LogP contribution in [0, 0.1) is 0 Å². The molecule has 0 saturated heterocycles. The van der Waals surface area contributed by atoms with Gasteiger partial charge in [-0.3, -0.25) is 0 Å². The third-order valence-corrected chi connectivity index (χ3v) is 1.40. The topological polar surface area (TPSA) is 39.4 Å². The number of carbonyl (C=O) groups is 1. The molecule has 12 heavy (non-hydrogen) atoms. The highest BCUT2D eigenvalue weighted by atomic mass is 16.6. The number of ether oxygens (including phenoxy) is 1. The van der Waals surface area contributed by atoms with Crippen molar-refractivity contribution in [3.05, 3.63) is 30.5 Å². The van der Waals surface area contributed by atoms with E-state index in [1.54, 1.807) is 12.1 Å². The molecule has 0 fully saturated rings. The van der Waals surface area contributed by atoms with E-state index in [0.717, 1.165) is 0 Å². The lowest BCUT2D eigenvalue weighted by Crippen LogP contribution is -2.08. The number of carbonyl (C=O) groups excluding carboxylic acids is 1. The quantitative estimate of drug-likeness (QED) is 0.510. The maximum atomic E-state index is 11.1. The molecule has 0 aliphatic rings. The number of esters is 1. The van der Waals surface area contributed by atoms with Gasteiger partial charge in [0.25, 0.3) is 5.95 Å². The lowest BCUT2D eigenvalue weighted by atomic mass is 10.2. The molecule has 3 heteroatoms. The SMILES string of the molecule is C=C(CC)C(=O)Oc1ccco1. The van der Waals surface area contributed by atoms with Crippen LogP contribution in [0.4, 0.5) is 0 Å². The zero-order valence-corrected chi connectivity index (χ0v) is 6.87. The summed E-state index contributed by atoms with van der Waals surface area (Å²) in [6.45, 7) is 5.38. The summed E-state index contributed by atoms with van der Waals surface area (Å²) in [5.41, 5.74) is 0.436. The van der Waals surface area contributed by atoms with Crippen LogP contribution in [0.2, 0.25) is 0 Å². The van der Waals surface area contributed by atoms with Gasteiger partial charge < -0.3 is 9.15 Å². The lowest BCUT2D eigenvalue weighted by molar-refractivity contribution is -0.131. The zero-order valence-electron chi connectivity index (χ0n) is 6.87. The van der Waals surface area contributed by atoms with Crippen molar-refractivity contribution in [3.63, 3.8) is 0 Å². The van der Waals surface area contributed by atoms with Gasteiger partial charge in [0.15, 0.2) is 0 Å². The molecule has 0 radical (unpaired) electrons. The van der Waals surface area contributed by atoms with Crippen molar-refractivity contribution in [1.29, 1.82) is 0 Å². The molecule has 0 aromatic carbocycles. The second-order valence-electron chi connectivity index (χ2n) is 2.28. The fourth-order valence-corrected chi connectivity index (χ4v) is 0.629. The molecule has 1 rings (SSSR count). The third-order valence-electron chi connectivity index (χ3n) is 1.40. The van der Waals surface area contributed by atoms with Gasteiger partial charge in [0, 0.05) is 11.6 Å². The summed E-state index contributed by atoms with van der Waals surface area (Å²) in [6, 6.07) is 3.22. The Kier molecular flexibility index (Phi) is 2.69. The van der Waals surface area contributed by atoms with Gasteiger partial charge in [0.1, 0.15) is 0 Å². The van der Waals surface area contributed by atoms with Gasteiger partial charge in [-0.25, -0.2) is 4.79 Å². The molecule has 0 unspecified atom stereocenters. The summed E-state index contributed by atoms with van der Waals surface area (Å²) in [6.07, 6.45) is 2.02. The Bertz CT molecular complexity index is 272. The highest BCUT2D eigenvalue weighted by molar-refractivity contribution is 5.89. The number of furan rings is 1. The first-order valence-corrected chi connectivity index (χ1v) is 3.67. The molecule has 1 aromatic rings. The summed E-state index contributed by atoms with van der Waals surface area (Å²) in [5, 5.41) is 0. The van der Waals surface area contributed by atoms with Gasteiger partial charge in [0.2, 0.25) is 0 Å². The monoisotopic (exact) mass is 166 g/mol. The van der Waals surface area contributed by atoms with E-state index < -0.39 is 5.97 Å². The summed E-state index contributed by atoms with van der Waals surface area (Å²) >= 11 is 0. The summed E-state index contributed by atoms with van der Waals surface area (Å²) < 4.78 is 9.62. The van der Waals surface area contributed by atoms with Gasteiger partial charge in [-0.1, -0.05) is 13.5 Å². The second-order valence-corrected chi connectivity index (χ2v) is 2.28. The van der Waals surface area contributed by atoms with Crippen LogP contribution in [0.3, 0.4) is 0 Å². The fourth-order valence-electron chi connectivity index (χ4n) is 0.629. The predicted octanol–water partition coefficient (Wildman–Crippen LogP) is 2.15. The molecule has 0 aliphatic carbocycles. The number of hydrogen-bond donors (Lipinski definition) is 0. The zero-order chi connectivity index (χ0) is 8.97. The molecule has 0 amide bonds. The van der Waals surface area contributed by atoms with Gasteiger partial charge in [0.05, 0.1) is 6.26 Å². The minimum absolute atomic E-state index is 0.203. The second kappa shape index (κ2) is 3.76. The van der Waals surface area contributed by atoms with Crippen LogP contribution in [-0.4, -0.2) is 5.97 Å². The Morgan fingerprint density at radius 2 is 2.50 bits per heavy atom. The maximum Gasteiger partial charge on any atom is 0.341 e. The van der Waals surface area contributed by atoms with Crippen molar-refractivity contribution in [2.24, 2.45) is 0 Å². The van der Waals surface area contributed by atoms with E-state index in [1.807, 2.05) is 6.92 Å². The smallest absolute Gasteiger partial charge is 0.341 e. The van der Waals surface area contributed by atoms with Crippen LogP contribution < -0.4 is 4.74 Å². The van der Waals surface area contributed by atoms with Crippen LogP contribution in [-0.2, 0) is 4.79 Å². The molecular formula is C9H10O3. The molecule has 0 saturated carbocycles. The molecule has 0 bridgehead atoms. The van der Waals surface area contributed by atoms with Crippen LogP contribution in [0.1, 0.15) is 13.3 Å². The van der Waals surface area contributed by atoms with Crippen LogP contribution >= 0.6 is 0 Å². The number of rotatable bonds is 3. The maximum absolute atomic E-state index is 11.1. The fraction of sp³-hybridized carbons (Fsp3) is 0.222. The first kappa shape index (κ1) is 8.59. The Balaban J connectivity index is 2.53. The van der Waals surface area contributed by atoms with Gasteiger partial charge in [-0.15, -0.1) is 0 Å². The average Bonchev–Trinajstić information content (AvgIpc) is 2.55. The van der Waals surface area contributed by atoms with Crippen molar-refractivity contribution in [1.82, 2.24) is 0 Å². The Morgan fingerprint density at radius 1 is 1.75 bits per heavy atom. The highest BCUT2D eigenvalue weighted by Crippen LogP contribution is 2.12. The molecule has 0 N–H and O–H groups in total. The summed E-state index contributed by atoms with van der Waals surface area (Å²) in [4.78, 5) is 11.1. The van der Waals surface area contributed by atoms with Crippen molar-refractivity contribution in [2.75, 3.05) is 0 Å². The van der Waals surface area contributed by atoms with Gasteiger partial charge >= 0.3 is 5.97 Å². The molecule has 0 atom stereocenters. The first-order valence-electron chi connectivity index (χ1n) is 3.67. The molecule has 1 heterocycles. The van der Waals surface area contributed by atoms with Gasteiger partial charge in [-0.05, 0) is 12.5 Å². The molecule has 0 spiro atoms. The van der Waals surface area contributed by atoms with E-state index in [0.29, 0.717) is 12.0 Å². The summed E-state index contributed by atoms with van der Waals surface area (Å²) in [7, 11) is 0. The molecule has 0 aliphatic heterocycles. The molecule has 64 valence electrons. The molecule has 3 nitrogen and oxygen atoms in total. The van der Waals surface area contributed by atoms with E-state index in [-0.39, 0.29) is 5.95 Å². The highest BCUT2D eigenvalue weighted by Gasteiger charge is 2.08. The van der Waals surface area contributed by atoms with E-state index in [4.69, 9.17) is 9.15 Å². The largest absolute Gasteiger partial charge is 0.434 e. The average molecular weight is 166 g/mol. The Hall–Kier alpha value is -1.51. The lowest BCUT2D eigenvalue weighted by Gasteiger charge is -1.99. The summed E-state index contributed by atoms with van der Waals surface area (Å²) in [5.74, 6) is -0.234. The van der Waals surface area contributed by atoms with Gasteiger partial charge in [-0.2, -0.15) is 0 Å². The van der Waals surface area contributed by atoms with Crippen LogP contribution in [0.25, 0.3) is 0 Å². The predicted molar refractivity (Wildman–Crippen MR) is 43.8 cm³/mol. The molecule has 1 aromatic heterocycles. The van der Waals surface area contributed by atoms with Crippen molar-refractivity contribution >= 4 is 5.97 Å². The van der Waals surface area contributed by atoms with Crippen molar-refractivity contribution in [2.45, 2.75) is 13.3 Å². The van der Waals surface area contributed by atoms with E-state index >= 15 is 0 Å². The molecular weight excluding hydrogens is 156 g/mol.